The Morgan fingerprint density at radius 2 is 1.79 bits per heavy atom. The Balaban J connectivity index is 1.21. The van der Waals surface area contributed by atoms with Crippen molar-refractivity contribution in [3.63, 3.8) is 0 Å². The van der Waals surface area contributed by atoms with Gasteiger partial charge < -0.3 is 15.6 Å². The molecule has 1 aliphatic carbocycles. The van der Waals surface area contributed by atoms with E-state index in [0.717, 1.165) is 48.5 Å². The van der Waals surface area contributed by atoms with E-state index in [-0.39, 0.29) is 23.6 Å². The number of aromatic amines is 1. The molecule has 10 heteroatoms. The Kier molecular flexibility index (Phi) is 5.22. The van der Waals surface area contributed by atoms with Crippen molar-refractivity contribution in [2.45, 2.75) is 50.9 Å². The summed E-state index contributed by atoms with van der Waals surface area (Å²) in [6.07, 6.45) is -0.397. The number of alkyl halides is 3. The maximum atomic E-state index is 13.0. The highest BCUT2D eigenvalue weighted by Crippen LogP contribution is 2.30. The van der Waals surface area contributed by atoms with Crippen LogP contribution in [0.5, 0.6) is 0 Å². The van der Waals surface area contributed by atoms with E-state index in [1.54, 1.807) is 18.2 Å². The summed E-state index contributed by atoms with van der Waals surface area (Å²) in [5.41, 5.74) is 1.95. The van der Waals surface area contributed by atoms with Gasteiger partial charge >= 0.3 is 6.18 Å². The summed E-state index contributed by atoms with van der Waals surface area (Å²) < 4.78 is 40.5. The van der Waals surface area contributed by atoms with Crippen molar-refractivity contribution in [3.8, 4) is 0 Å². The number of benzene rings is 1. The molecule has 0 spiro atoms. The second-order valence-electron chi connectivity index (χ2n) is 8.49. The van der Waals surface area contributed by atoms with Gasteiger partial charge in [0.2, 0.25) is 0 Å². The van der Waals surface area contributed by atoms with Crippen LogP contribution in [0, 0.1) is 6.92 Å². The lowest BCUT2D eigenvalue weighted by atomic mass is 9.91. The summed E-state index contributed by atoms with van der Waals surface area (Å²) in [5, 5.41) is 6.39. The smallest absolute Gasteiger partial charge is 0.368 e. The molecule has 1 fully saturated rings. The predicted octanol–water partition coefficient (Wildman–Crippen LogP) is 4.69. The number of pyridine rings is 1. The quantitative estimate of drug-likeness (QED) is 0.416. The van der Waals surface area contributed by atoms with Gasteiger partial charge in [-0.3, -0.25) is 9.20 Å². The van der Waals surface area contributed by atoms with Crippen LogP contribution < -0.4 is 10.6 Å². The number of rotatable bonds is 4. The van der Waals surface area contributed by atoms with Crippen LogP contribution in [0.4, 0.5) is 19.0 Å². The summed E-state index contributed by atoms with van der Waals surface area (Å²) in [5.74, 6) is 0.636. The number of carbonyl (C=O) groups is 1. The van der Waals surface area contributed by atoms with Gasteiger partial charge in [0.15, 0.2) is 11.5 Å². The highest BCUT2D eigenvalue weighted by molar-refractivity contribution is 5.94. The first kappa shape index (κ1) is 21.3. The molecule has 4 aromatic rings. The molecule has 0 bridgehead atoms. The minimum atomic E-state index is -4.49. The molecule has 0 atom stereocenters. The first-order valence-corrected chi connectivity index (χ1v) is 10.9. The maximum absolute atomic E-state index is 13.0. The first-order chi connectivity index (χ1) is 15.8. The zero-order chi connectivity index (χ0) is 23.2. The second-order valence-corrected chi connectivity index (χ2v) is 8.49. The number of halogens is 3. The van der Waals surface area contributed by atoms with Crippen LogP contribution in [0.25, 0.3) is 16.7 Å². The molecule has 0 unspecified atom stereocenters. The Morgan fingerprint density at radius 1 is 1.06 bits per heavy atom. The van der Waals surface area contributed by atoms with Crippen molar-refractivity contribution < 1.29 is 18.0 Å². The van der Waals surface area contributed by atoms with E-state index < -0.39 is 11.9 Å². The number of nitrogens with one attached hydrogen (secondary N) is 3. The van der Waals surface area contributed by atoms with Gasteiger partial charge in [0.05, 0.1) is 11.0 Å². The zero-order valence-corrected chi connectivity index (χ0v) is 17.9. The van der Waals surface area contributed by atoms with E-state index in [2.05, 4.69) is 25.6 Å². The molecule has 0 saturated heterocycles. The minimum Gasteiger partial charge on any atom is -0.368 e. The third kappa shape index (κ3) is 4.24. The molecule has 7 nitrogen and oxygen atoms in total. The van der Waals surface area contributed by atoms with E-state index in [1.807, 2.05) is 25.1 Å². The molecule has 1 amide bonds. The second kappa shape index (κ2) is 8.09. The van der Waals surface area contributed by atoms with Crippen LogP contribution in [0.2, 0.25) is 0 Å². The lowest BCUT2D eigenvalue weighted by Gasteiger charge is -2.30. The molecule has 3 heterocycles. The average molecular weight is 456 g/mol. The van der Waals surface area contributed by atoms with Gasteiger partial charge in [-0.05, 0) is 56.4 Å². The lowest BCUT2D eigenvalue weighted by molar-refractivity contribution is -0.140. The Hall–Kier alpha value is -3.56. The molecule has 1 aliphatic rings. The Morgan fingerprint density at radius 3 is 2.52 bits per heavy atom. The molecule has 172 valence electrons. The number of hydrogen-bond acceptors (Lipinski definition) is 4. The van der Waals surface area contributed by atoms with Crippen LogP contribution in [0.1, 0.15) is 47.6 Å². The van der Waals surface area contributed by atoms with Gasteiger partial charge in [0.1, 0.15) is 11.5 Å². The van der Waals surface area contributed by atoms with Gasteiger partial charge in [0, 0.05) is 18.3 Å². The number of carbonyl (C=O) groups excluding carboxylic acids is 1. The third-order valence-electron chi connectivity index (χ3n) is 6.13. The number of imidazole rings is 2. The number of fused-ring (bicyclic) bond motifs is 2. The summed E-state index contributed by atoms with van der Waals surface area (Å²) in [6, 6.07) is 10.8. The number of para-hydroxylation sites is 1. The van der Waals surface area contributed by atoms with Crippen molar-refractivity contribution in [1.82, 2.24) is 24.7 Å². The molecule has 0 radical (unpaired) electrons. The number of H-pyrrole nitrogens is 1. The normalized spacial score (nSPS) is 19.2. The summed E-state index contributed by atoms with van der Waals surface area (Å²) in [6.45, 7) is 1.95. The molecular formula is C23H23F3N6O. The Bertz CT molecular complexity index is 1320. The standard InChI is InChI=1S/C23H23F3N6O/c1-13-4-2-5-16-20(13)31-21(29-16)22(33)28-15-10-8-14(9-11-15)27-18-6-3-7-19-30-17(12-32(18)19)23(24,25)26/h2-7,12,14-15,27H,8-11H2,1H3,(H,28,33)(H,29,31). The van der Waals surface area contributed by atoms with Crippen molar-refractivity contribution in [1.29, 1.82) is 0 Å². The fourth-order valence-electron chi connectivity index (χ4n) is 4.39. The summed E-state index contributed by atoms with van der Waals surface area (Å²) >= 11 is 0. The average Bonchev–Trinajstić information content (AvgIpc) is 3.41. The van der Waals surface area contributed by atoms with E-state index in [0.29, 0.717) is 11.6 Å². The lowest BCUT2D eigenvalue weighted by Crippen LogP contribution is -2.40. The highest BCUT2D eigenvalue weighted by atomic mass is 19.4. The van der Waals surface area contributed by atoms with Crippen LogP contribution in [-0.4, -0.2) is 37.3 Å². The monoisotopic (exact) mass is 456 g/mol. The van der Waals surface area contributed by atoms with Gasteiger partial charge in [0.25, 0.3) is 5.91 Å². The van der Waals surface area contributed by atoms with Crippen molar-refractivity contribution in [3.05, 3.63) is 59.7 Å². The first-order valence-electron chi connectivity index (χ1n) is 10.9. The molecule has 1 saturated carbocycles. The highest BCUT2D eigenvalue weighted by Gasteiger charge is 2.34. The van der Waals surface area contributed by atoms with Gasteiger partial charge in [-0.15, -0.1) is 0 Å². The number of anilines is 1. The fourth-order valence-corrected chi connectivity index (χ4v) is 4.39. The van der Waals surface area contributed by atoms with Crippen LogP contribution >= 0.6 is 0 Å². The molecule has 3 N–H and O–H groups in total. The van der Waals surface area contributed by atoms with E-state index in [4.69, 9.17) is 0 Å². The maximum Gasteiger partial charge on any atom is 0.434 e. The predicted molar refractivity (Wildman–Crippen MR) is 118 cm³/mol. The summed E-state index contributed by atoms with van der Waals surface area (Å²) in [4.78, 5) is 23.8. The van der Waals surface area contributed by atoms with Gasteiger partial charge in [-0.1, -0.05) is 18.2 Å². The number of aromatic nitrogens is 4. The number of aryl methyl sites for hydroxylation is 1. The molecule has 3 aromatic heterocycles. The molecule has 1 aromatic carbocycles. The largest absolute Gasteiger partial charge is 0.434 e. The number of nitrogens with zero attached hydrogens (tertiary/aromatic N) is 3. The van der Waals surface area contributed by atoms with Gasteiger partial charge in [-0.25, -0.2) is 9.97 Å². The van der Waals surface area contributed by atoms with Gasteiger partial charge in [-0.2, -0.15) is 13.2 Å². The minimum absolute atomic E-state index is 0.0192. The number of amides is 1. The van der Waals surface area contributed by atoms with Crippen molar-refractivity contribution in [2.75, 3.05) is 5.32 Å². The molecule has 5 rings (SSSR count). The third-order valence-corrected chi connectivity index (χ3v) is 6.13. The molecule has 0 aliphatic heterocycles. The van der Waals surface area contributed by atoms with E-state index >= 15 is 0 Å². The topological polar surface area (TPSA) is 87.1 Å². The van der Waals surface area contributed by atoms with Crippen LogP contribution in [-0.2, 0) is 6.18 Å². The fraction of sp³-hybridized carbons (Fsp3) is 0.348. The van der Waals surface area contributed by atoms with Crippen molar-refractivity contribution >= 4 is 28.4 Å². The number of hydrogen-bond donors (Lipinski definition) is 3. The molecular weight excluding hydrogens is 433 g/mol. The molecule has 33 heavy (non-hydrogen) atoms. The van der Waals surface area contributed by atoms with Crippen LogP contribution in [0.15, 0.2) is 42.6 Å². The van der Waals surface area contributed by atoms with E-state index in [1.165, 1.54) is 4.40 Å². The SMILES string of the molecule is Cc1cccc2[nH]c(C(=O)NC3CCC(Nc4cccc5nc(C(F)(F)F)cn45)CC3)nc12. The van der Waals surface area contributed by atoms with E-state index in [9.17, 15) is 18.0 Å². The zero-order valence-electron chi connectivity index (χ0n) is 17.9. The summed E-state index contributed by atoms with van der Waals surface area (Å²) in [7, 11) is 0. The Labute approximate surface area is 187 Å². The van der Waals surface area contributed by atoms with Crippen LogP contribution in [0.3, 0.4) is 0 Å². The van der Waals surface area contributed by atoms with Crippen molar-refractivity contribution in [2.24, 2.45) is 0 Å².